The first kappa shape index (κ1) is 14.1. The van der Waals surface area contributed by atoms with E-state index in [2.05, 4.69) is 15.3 Å². The van der Waals surface area contributed by atoms with Crippen LogP contribution in [0.4, 0.5) is 10.1 Å². The summed E-state index contributed by atoms with van der Waals surface area (Å²) in [6.45, 7) is 0. The number of carbonyl (C=O) groups excluding carboxylic acids is 1. The fourth-order valence-corrected chi connectivity index (χ4v) is 2.25. The first-order chi connectivity index (χ1) is 11.7. The van der Waals surface area contributed by atoms with Gasteiger partial charge in [-0.3, -0.25) is 4.79 Å². The molecule has 0 aliphatic carbocycles. The average Bonchev–Trinajstić information content (AvgIpc) is 3.26. The molecule has 7 heteroatoms. The van der Waals surface area contributed by atoms with E-state index in [-0.39, 0.29) is 11.4 Å². The highest BCUT2D eigenvalue weighted by atomic mass is 19.1. The Bertz CT molecular complexity index is 1010. The van der Waals surface area contributed by atoms with E-state index in [1.165, 1.54) is 18.5 Å². The molecule has 0 saturated carbocycles. The van der Waals surface area contributed by atoms with Gasteiger partial charge in [-0.2, -0.15) is 0 Å². The molecule has 0 aliphatic heterocycles. The molecular formula is C17H10FN3O3. The Kier molecular flexibility index (Phi) is 3.31. The number of para-hydroxylation sites is 1. The molecule has 4 aromatic rings. The predicted octanol–water partition coefficient (Wildman–Crippen LogP) is 3.87. The number of hydrogen-bond donors (Lipinski definition) is 1. The van der Waals surface area contributed by atoms with Crippen molar-refractivity contribution in [3.05, 3.63) is 66.6 Å². The van der Waals surface area contributed by atoms with Crippen molar-refractivity contribution in [2.24, 2.45) is 0 Å². The van der Waals surface area contributed by atoms with Crippen LogP contribution in [0.15, 0.2) is 63.8 Å². The molecule has 0 aliphatic rings. The lowest BCUT2D eigenvalue weighted by molar-refractivity contribution is 0.0990. The maximum Gasteiger partial charge on any atom is 0.311 e. The lowest BCUT2D eigenvalue weighted by Crippen LogP contribution is -2.11. The second-order valence-corrected chi connectivity index (χ2v) is 4.97. The molecule has 0 unspecified atom stereocenters. The third kappa shape index (κ3) is 2.52. The minimum Gasteiger partial charge on any atom is -0.441 e. The normalized spacial score (nSPS) is 10.9. The number of carbonyl (C=O) groups is 1. The number of halogens is 1. The van der Waals surface area contributed by atoms with Gasteiger partial charge in [0.1, 0.15) is 11.8 Å². The fraction of sp³-hybridized carbons (Fsp3) is 0. The number of anilines is 1. The van der Waals surface area contributed by atoms with Crippen molar-refractivity contribution in [1.82, 2.24) is 9.97 Å². The van der Waals surface area contributed by atoms with Gasteiger partial charge in [0, 0.05) is 11.3 Å². The van der Waals surface area contributed by atoms with Crippen molar-refractivity contribution in [2.45, 2.75) is 0 Å². The van der Waals surface area contributed by atoms with E-state index in [1.807, 2.05) is 0 Å². The lowest BCUT2D eigenvalue weighted by Gasteiger charge is -2.03. The summed E-state index contributed by atoms with van der Waals surface area (Å²) in [4.78, 5) is 19.8. The molecule has 2 aromatic carbocycles. The highest BCUT2D eigenvalue weighted by Gasteiger charge is 2.13. The molecule has 2 heterocycles. The second kappa shape index (κ2) is 5.62. The molecule has 0 atom stereocenters. The molecule has 118 valence electrons. The van der Waals surface area contributed by atoms with Gasteiger partial charge in [-0.15, -0.1) is 0 Å². The number of aromatic nitrogens is 2. The Morgan fingerprint density at radius 3 is 2.67 bits per heavy atom. The molecule has 0 fully saturated rings. The van der Waals surface area contributed by atoms with Crippen LogP contribution in [0.3, 0.4) is 0 Å². The Morgan fingerprint density at radius 1 is 1.12 bits per heavy atom. The first-order valence-electron chi connectivity index (χ1n) is 7.07. The number of oxazole rings is 2. The highest BCUT2D eigenvalue weighted by molar-refractivity contribution is 6.00. The van der Waals surface area contributed by atoms with Gasteiger partial charge in [0.15, 0.2) is 11.4 Å². The van der Waals surface area contributed by atoms with Crippen molar-refractivity contribution in [2.75, 3.05) is 5.32 Å². The maximum absolute atomic E-state index is 13.7. The number of nitrogens with zero attached hydrogens (tertiary/aromatic N) is 2. The van der Waals surface area contributed by atoms with Crippen molar-refractivity contribution in [1.29, 1.82) is 0 Å². The fourth-order valence-electron chi connectivity index (χ4n) is 2.25. The van der Waals surface area contributed by atoms with Gasteiger partial charge < -0.3 is 14.2 Å². The molecule has 1 amide bonds. The minimum absolute atomic E-state index is 0.0199. The van der Waals surface area contributed by atoms with E-state index in [0.717, 1.165) is 0 Å². The van der Waals surface area contributed by atoms with Crippen LogP contribution in [0.25, 0.3) is 22.6 Å². The number of nitrogens with one attached hydrogen (secondary N) is 1. The Balaban J connectivity index is 1.58. The van der Waals surface area contributed by atoms with Crippen molar-refractivity contribution >= 4 is 22.7 Å². The van der Waals surface area contributed by atoms with Crippen molar-refractivity contribution < 1.29 is 18.0 Å². The van der Waals surface area contributed by atoms with Crippen LogP contribution < -0.4 is 5.32 Å². The van der Waals surface area contributed by atoms with Gasteiger partial charge in [-0.05, 0) is 36.4 Å². The van der Waals surface area contributed by atoms with Crippen LogP contribution >= 0.6 is 0 Å². The number of rotatable bonds is 3. The van der Waals surface area contributed by atoms with Crippen LogP contribution in [0.2, 0.25) is 0 Å². The van der Waals surface area contributed by atoms with Gasteiger partial charge in [0.05, 0.1) is 6.20 Å². The Morgan fingerprint density at radius 2 is 1.96 bits per heavy atom. The zero-order valence-corrected chi connectivity index (χ0v) is 12.2. The quantitative estimate of drug-likeness (QED) is 0.619. The van der Waals surface area contributed by atoms with Crippen LogP contribution in [0.5, 0.6) is 0 Å². The second-order valence-electron chi connectivity index (χ2n) is 4.97. The van der Waals surface area contributed by atoms with Gasteiger partial charge in [0.2, 0.25) is 5.89 Å². The van der Waals surface area contributed by atoms with Crippen LogP contribution in [-0.2, 0) is 0 Å². The summed E-state index contributed by atoms with van der Waals surface area (Å²) in [7, 11) is 0. The van der Waals surface area contributed by atoms with Gasteiger partial charge >= 0.3 is 5.91 Å². The van der Waals surface area contributed by atoms with E-state index in [4.69, 9.17) is 8.83 Å². The zero-order valence-electron chi connectivity index (χ0n) is 12.2. The Hall–Kier alpha value is -3.48. The van der Waals surface area contributed by atoms with Gasteiger partial charge in [-0.1, -0.05) is 6.07 Å². The van der Waals surface area contributed by atoms with Crippen molar-refractivity contribution in [3.63, 3.8) is 0 Å². The molecule has 0 spiro atoms. The topological polar surface area (TPSA) is 81.2 Å². The molecule has 0 saturated heterocycles. The molecule has 1 N–H and O–H groups in total. The summed E-state index contributed by atoms with van der Waals surface area (Å²) in [5, 5.41) is 2.65. The third-order valence-electron chi connectivity index (χ3n) is 3.39. The molecule has 0 radical (unpaired) electrons. The van der Waals surface area contributed by atoms with Crippen LogP contribution in [0, 0.1) is 5.82 Å². The predicted molar refractivity (Wildman–Crippen MR) is 83.9 cm³/mol. The van der Waals surface area contributed by atoms with E-state index in [0.29, 0.717) is 22.7 Å². The summed E-state index contributed by atoms with van der Waals surface area (Å²) < 4.78 is 24.1. The standard InChI is InChI=1S/C17H10FN3O3/c18-12-2-1-3-13-14(12)21-16(24-13)10-4-6-11(7-5-10)20-15(22)17-19-8-9-23-17/h1-9H,(H,20,22). The van der Waals surface area contributed by atoms with Crippen LogP contribution in [0.1, 0.15) is 10.7 Å². The number of fused-ring (bicyclic) bond motifs is 1. The highest BCUT2D eigenvalue weighted by Crippen LogP contribution is 2.26. The average molecular weight is 323 g/mol. The van der Waals surface area contributed by atoms with E-state index in [9.17, 15) is 9.18 Å². The monoisotopic (exact) mass is 323 g/mol. The molecular weight excluding hydrogens is 313 g/mol. The summed E-state index contributed by atoms with van der Waals surface area (Å²) in [6, 6.07) is 11.3. The van der Waals surface area contributed by atoms with Crippen LogP contribution in [-0.4, -0.2) is 15.9 Å². The number of amides is 1. The smallest absolute Gasteiger partial charge is 0.311 e. The lowest BCUT2D eigenvalue weighted by atomic mass is 10.2. The number of hydrogen-bond acceptors (Lipinski definition) is 5. The third-order valence-corrected chi connectivity index (χ3v) is 3.39. The van der Waals surface area contributed by atoms with Gasteiger partial charge in [0.25, 0.3) is 5.89 Å². The SMILES string of the molecule is O=C(Nc1ccc(-c2nc3c(F)cccc3o2)cc1)c1ncco1. The summed E-state index contributed by atoms with van der Waals surface area (Å²) >= 11 is 0. The zero-order chi connectivity index (χ0) is 16.5. The minimum atomic E-state index is -0.448. The Labute approximate surface area is 134 Å². The van der Waals surface area contributed by atoms with E-state index >= 15 is 0 Å². The maximum atomic E-state index is 13.7. The molecule has 2 aromatic heterocycles. The number of benzene rings is 2. The van der Waals surface area contributed by atoms with Gasteiger partial charge in [-0.25, -0.2) is 14.4 Å². The first-order valence-corrected chi connectivity index (χ1v) is 7.07. The van der Waals surface area contributed by atoms with E-state index in [1.54, 1.807) is 36.4 Å². The molecule has 4 rings (SSSR count). The molecule has 24 heavy (non-hydrogen) atoms. The van der Waals surface area contributed by atoms with E-state index < -0.39 is 11.7 Å². The summed E-state index contributed by atoms with van der Waals surface area (Å²) in [6.07, 6.45) is 2.72. The molecule has 0 bridgehead atoms. The summed E-state index contributed by atoms with van der Waals surface area (Å²) in [5.74, 6) is -0.594. The molecule has 6 nitrogen and oxygen atoms in total. The summed E-state index contributed by atoms with van der Waals surface area (Å²) in [5.41, 5.74) is 1.80. The van der Waals surface area contributed by atoms with Crippen molar-refractivity contribution in [3.8, 4) is 11.5 Å². The largest absolute Gasteiger partial charge is 0.441 e.